The maximum absolute atomic E-state index is 13.8. The number of hydrogen-bond acceptors (Lipinski definition) is 3. The van der Waals surface area contributed by atoms with Gasteiger partial charge in [-0.25, -0.2) is 9.67 Å². The highest BCUT2D eigenvalue weighted by Crippen LogP contribution is 2.22. The van der Waals surface area contributed by atoms with Gasteiger partial charge in [0.1, 0.15) is 12.1 Å². The van der Waals surface area contributed by atoms with Gasteiger partial charge in [0.15, 0.2) is 12.0 Å². The van der Waals surface area contributed by atoms with E-state index in [4.69, 9.17) is 10.1 Å². The monoisotopic (exact) mass is 337 g/mol. The lowest BCUT2D eigenvalue weighted by Gasteiger charge is -2.18. The minimum absolute atomic E-state index is 0.405. The van der Waals surface area contributed by atoms with Crippen molar-refractivity contribution in [3.05, 3.63) is 73.1 Å². The molecular weight excluding hydrogens is 319 g/mol. The van der Waals surface area contributed by atoms with E-state index in [2.05, 4.69) is 16.7 Å². The van der Waals surface area contributed by atoms with E-state index in [1.807, 2.05) is 24.3 Å². The van der Waals surface area contributed by atoms with Gasteiger partial charge in [-0.1, -0.05) is 18.7 Å². The van der Waals surface area contributed by atoms with E-state index in [-0.39, 0.29) is 0 Å². The summed E-state index contributed by atoms with van der Waals surface area (Å²) in [5, 5.41) is 9.94. The Morgan fingerprint density at radius 3 is 2.44 bits per heavy atom. The van der Waals surface area contributed by atoms with Gasteiger partial charge in [0.05, 0.1) is 5.69 Å². The molecule has 25 heavy (non-hydrogen) atoms. The predicted molar refractivity (Wildman–Crippen MR) is 94.2 cm³/mol. The predicted octanol–water partition coefficient (Wildman–Crippen LogP) is 2.36. The zero-order valence-corrected chi connectivity index (χ0v) is 13.8. The van der Waals surface area contributed by atoms with Gasteiger partial charge in [0.25, 0.3) is 5.85 Å². The Bertz CT molecular complexity index is 883. The molecule has 0 bridgehead atoms. The lowest BCUT2D eigenvalue weighted by molar-refractivity contribution is -0.104. The zero-order chi connectivity index (χ0) is 17.9. The molecule has 1 heterocycles. The molecule has 6 heteroatoms. The van der Waals surface area contributed by atoms with Gasteiger partial charge in [-0.15, -0.1) is 5.10 Å². The molecule has 0 aliphatic heterocycles. The summed E-state index contributed by atoms with van der Waals surface area (Å²) in [5.74, 6) is -0.899. The molecule has 3 aromatic rings. The molecule has 0 aliphatic rings. The Hall–Kier alpha value is -3.28. The van der Waals surface area contributed by atoms with Crippen LogP contribution in [0.25, 0.3) is 17.1 Å². The topological polar surface area (TPSA) is 65.5 Å². The summed E-state index contributed by atoms with van der Waals surface area (Å²) in [4.78, 5) is 4.32. The molecule has 1 unspecified atom stereocenters. The van der Waals surface area contributed by atoms with Crippen LogP contribution in [0.3, 0.4) is 0 Å². The van der Waals surface area contributed by atoms with Gasteiger partial charge in [-0.05, 0) is 42.5 Å². The van der Waals surface area contributed by atoms with E-state index in [9.17, 15) is 4.39 Å². The number of nitrogens with zero attached hydrogens (tertiary/aromatic N) is 3. The number of aromatic nitrogens is 3. The maximum Gasteiger partial charge on any atom is 0.264 e. The van der Waals surface area contributed by atoms with Gasteiger partial charge in [0.2, 0.25) is 0 Å². The molecule has 0 spiro atoms. The highest BCUT2D eigenvalue weighted by Gasteiger charge is 2.19. The van der Waals surface area contributed by atoms with Crippen LogP contribution in [0.4, 0.5) is 4.39 Å². The second kappa shape index (κ2) is 6.68. The van der Waals surface area contributed by atoms with Crippen molar-refractivity contribution in [2.24, 2.45) is 0 Å². The van der Waals surface area contributed by atoms with Crippen LogP contribution in [0.2, 0.25) is 0 Å². The maximum atomic E-state index is 13.8. The van der Waals surface area contributed by atoms with E-state index >= 15 is 0 Å². The molecule has 3 rings (SSSR count). The Morgan fingerprint density at radius 1 is 1.16 bits per heavy atom. The highest BCUT2D eigenvalue weighted by molar-refractivity contribution is 5.75. The molecule has 5 nitrogen and oxygen atoms in total. The number of nitrogens with two attached hydrogens (primary N) is 1. The number of halogens is 1. The Balaban J connectivity index is 1.79. The van der Waals surface area contributed by atoms with Gasteiger partial charge >= 0.3 is 0 Å². The minimum Gasteiger partial charge on any atom is -0.455 e. The van der Waals surface area contributed by atoms with Gasteiger partial charge in [-0.2, -0.15) is 4.39 Å². The minimum atomic E-state index is -1.91. The van der Waals surface area contributed by atoms with E-state index in [1.165, 1.54) is 13.1 Å². The summed E-state index contributed by atoms with van der Waals surface area (Å²) < 4.78 is 20.6. The molecule has 0 radical (unpaired) electrons. The molecule has 1 atom stereocenters. The van der Waals surface area contributed by atoms with E-state index < -0.39 is 5.85 Å². The summed E-state index contributed by atoms with van der Waals surface area (Å²) in [6.07, 6.45) is 4.27. The van der Waals surface area contributed by atoms with Crippen LogP contribution in [0, 0.1) is 0 Å². The van der Waals surface area contributed by atoms with Crippen molar-refractivity contribution in [3.8, 4) is 22.8 Å². The second-order valence-electron chi connectivity index (χ2n) is 5.59. The first-order valence-corrected chi connectivity index (χ1v) is 7.70. The first-order valence-electron chi connectivity index (χ1n) is 7.70. The highest BCUT2D eigenvalue weighted by atomic mass is 19.2. The van der Waals surface area contributed by atoms with Gasteiger partial charge < -0.3 is 4.74 Å². The third kappa shape index (κ3) is 3.80. The standard InChI is InChI=1S/C19H17FN4O/c1-3-19(2,20)25-17-10-8-16(9-11-17)24-13-22-18(23-24)15-6-4-14(12-21)5-7-15/h3-13,21H,1H2,2H3/p+1. The molecule has 0 fully saturated rings. The summed E-state index contributed by atoms with van der Waals surface area (Å²) in [6, 6.07) is 14.5. The first-order chi connectivity index (χ1) is 12.0. The third-order valence-corrected chi connectivity index (χ3v) is 3.64. The average molecular weight is 337 g/mol. The third-order valence-electron chi connectivity index (χ3n) is 3.64. The summed E-state index contributed by atoms with van der Waals surface area (Å²) in [7, 11) is 0. The van der Waals surface area contributed by atoms with Crippen molar-refractivity contribution in [1.82, 2.24) is 14.8 Å². The van der Waals surface area contributed by atoms with Crippen molar-refractivity contribution >= 4 is 6.21 Å². The lowest BCUT2D eigenvalue weighted by Crippen LogP contribution is -2.29. The average Bonchev–Trinajstić information content (AvgIpc) is 3.12. The van der Waals surface area contributed by atoms with Crippen LogP contribution in [-0.4, -0.2) is 26.8 Å². The molecule has 0 saturated heterocycles. The number of hydrogen-bond donors (Lipinski definition) is 1. The van der Waals surface area contributed by atoms with Crippen LogP contribution >= 0.6 is 0 Å². The SMILES string of the molecule is C=CC(C)(F)Oc1ccc(-n2cnc(-c3ccc(C=[NH2+])cc3)n2)cc1. The normalized spacial score (nSPS) is 13.0. The zero-order valence-electron chi connectivity index (χ0n) is 13.8. The van der Waals surface area contributed by atoms with Crippen LogP contribution in [0.15, 0.2) is 67.5 Å². The molecule has 2 N–H and O–H groups in total. The summed E-state index contributed by atoms with van der Waals surface area (Å²) in [6.45, 7) is 4.70. The molecule has 0 saturated carbocycles. The Labute approximate surface area is 144 Å². The fourth-order valence-electron chi connectivity index (χ4n) is 2.20. The lowest BCUT2D eigenvalue weighted by atomic mass is 10.1. The molecule has 2 aromatic carbocycles. The van der Waals surface area contributed by atoms with Crippen molar-refractivity contribution < 1.29 is 14.5 Å². The summed E-state index contributed by atoms with van der Waals surface area (Å²) >= 11 is 0. The van der Waals surface area contributed by atoms with Crippen molar-refractivity contribution in [2.45, 2.75) is 12.8 Å². The van der Waals surface area contributed by atoms with Gasteiger partial charge in [0, 0.05) is 18.1 Å². The summed E-state index contributed by atoms with van der Waals surface area (Å²) in [5.41, 5.74) is 2.61. The van der Waals surface area contributed by atoms with E-state index in [0.29, 0.717) is 11.6 Å². The number of alkyl halides is 1. The Kier molecular flexibility index (Phi) is 4.43. The van der Waals surface area contributed by atoms with Crippen molar-refractivity contribution in [2.75, 3.05) is 0 Å². The molecule has 0 aliphatic carbocycles. The molecule has 0 amide bonds. The van der Waals surface area contributed by atoms with Crippen LogP contribution in [-0.2, 0) is 0 Å². The van der Waals surface area contributed by atoms with Crippen LogP contribution in [0.1, 0.15) is 12.5 Å². The van der Waals surface area contributed by atoms with Crippen molar-refractivity contribution in [1.29, 1.82) is 0 Å². The van der Waals surface area contributed by atoms with E-state index in [0.717, 1.165) is 22.9 Å². The number of ether oxygens (including phenoxy) is 1. The van der Waals surface area contributed by atoms with Crippen LogP contribution < -0.4 is 10.1 Å². The second-order valence-corrected chi connectivity index (χ2v) is 5.59. The number of benzene rings is 2. The molecule has 1 aromatic heterocycles. The first kappa shape index (κ1) is 16.6. The quantitative estimate of drug-likeness (QED) is 0.555. The largest absolute Gasteiger partial charge is 0.455 e. The fraction of sp³-hybridized carbons (Fsp3) is 0.105. The Morgan fingerprint density at radius 2 is 1.84 bits per heavy atom. The van der Waals surface area contributed by atoms with E-state index in [1.54, 1.807) is 35.3 Å². The molecule has 126 valence electrons. The van der Waals surface area contributed by atoms with Gasteiger partial charge in [-0.3, -0.25) is 5.41 Å². The fourth-order valence-corrected chi connectivity index (χ4v) is 2.20. The van der Waals surface area contributed by atoms with Crippen LogP contribution in [0.5, 0.6) is 5.75 Å². The number of rotatable bonds is 6. The molecular formula is C19H18FN4O+. The van der Waals surface area contributed by atoms with Crippen molar-refractivity contribution in [3.63, 3.8) is 0 Å². The smallest absolute Gasteiger partial charge is 0.264 e.